The van der Waals surface area contributed by atoms with Crippen LogP contribution in [0.3, 0.4) is 0 Å². The van der Waals surface area contributed by atoms with Crippen LogP contribution in [-0.2, 0) is 6.54 Å². The summed E-state index contributed by atoms with van der Waals surface area (Å²) in [7, 11) is 3.83. The molecule has 1 aromatic carbocycles. The lowest BCUT2D eigenvalue weighted by Gasteiger charge is -2.22. The third-order valence-electron chi connectivity index (χ3n) is 3.44. The fraction of sp³-hybridized carbons (Fsp3) is 0.562. The quantitative estimate of drug-likeness (QED) is 0.809. The highest BCUT2D eigenvalue weighted by Crippen LogP contribution is 2.12. The van der Waals surface area contributed by atoms with Crippen LogP contribution in [0.1, 0.15) is 19.4 Å². The minimum absolute atomic E-state index is 0.0932. The number of carbonyl (C=O) groups is 1. The Bertz CT molecular complexity index is 451. The fourth-order valence-corrected chi connectivity index (χ4v) is 2.12. The molecule has 1 rings (SSSR count). The van der Waals surface area contributed by atoms with E-state index in [0.717, 1.165) is 18.7 Å². The van der Waals surface area contributed by atoms with E-state index in [9.17, 15) is 9.90 Å². The molecule has 0 bridgehead atoms. The van der Waals surface area contributed by atoms with Gasteiger partial charge in [-0.2, -0.15) is 0 Å². The van der Waals surface area contributed by atoms with Crippen LogP contribution < -0.4 is 5.32 Å². The molecule has 0 saturated heterocycles. The van der Waals surface area contributed by atoms with Crippen LogP contribution in [0.5, 0.6) is 5.75 Å². The summed E-state index contributed by atoms with van der Waals surface area (Å²) in [6.07, 6.45) is 0. The van der Waals surface area contributed by atoms with Gasteiger partial charge in [-0.25, -0.2) is 4.79 Å². The van der Waals surface area contributed by atoms with E-state index in [1.807, 2.05) is 6.07 Å². The van der Waals surface area contributed by atoms with E-state index in [-0.39, 0.29) is 11.8 Å². The predicted octanol–water partition coefficient (Wildman–Crippen LogP) is 2.12. The Morgan fingerprint density at radius 2 is 2.10 bits per heavy atom. The Balaban J connectivity index is 2.37. The van der Waals surface area contributed by atoms with Gasteiger partial charge in [-0.3, -0.25) is 0 Å². The summed E-state index contributed by atoms with van der Waals surface area (Å²) in [5.74, 6) is 0.630. The molecule has 5 heteroatoms. The van der Waals surface area contributed by atoms with Gasteiger partial charge in [0.05, 0.1) is 0 Å². The van der Waals surface area contributed by atoms with Gasteiger partial charge in [0.2, 0.25) is 0 Å². The second-order valence-electron chi connectivity index (χ2n) is 5.67. The Kier molecular flexibility index (Phi) is 7.02. The number of hydrogen-bond donors (Lipinski definition) is 2. The summed E-state index contributed by atoms with van der Waals surface area (Å²) in [6, 6.07) is 6.86. The Morgan fingerprint density at radius 3 is 2.71 bits per heavy atom. The molecule has 0 aliphatic rings. The number of aromatic hydroxyl groups is 1. The molecule has 2 amide bonds. The molecular weight excluding hydrogens is 266 g/mol. The van der Waals surface area contributed by atoms with Crippen LogP contribution in [-0.4, -0.2) is 54.7 Å². The van der Waals surface area contributed by atoms with Crippen LogP contribution in [0, 0.1) is 5.92 Å². The van der Waals surface area contributed by atoms with Gasteiger partial charge in [0.25, 0.3) is 0 Å². The number of phenols is 1. The lowest BCUT2D eigenvalue weighted by molar-refractivity contribution is 0.203. The van der Waals surface area contributed by atoms with Crippen molar-refractivity contribution in [3.05, 3.63) is 29.8 Å². The van der Waals surface area contributed by atoms with Crippen molar-refractivity contribution in [3.63, 3.8) is 0 Å². The molecule has 0 spiro atoms. The summed E-state index contributed by atoms with van der Waals surface area (Å²) in [4.78, 5) is 15.9. The third-order valence-corrected chi connectivity index (χ3v) is 3.44. The lowest BCUT2D eigenvalue weighted by Crippen LogP contribution is -2.40. The van der Waals surface area contributed by atoms with Crippen molar-refractivity contribution in [1.82, 2.24) is 15.1 Å². The molecule has 0 radical (unpaired) electrons. The summed E-state index contributed by atoms with van der Waals surface area (Å²) in [5, 5.41) is 12.4. The van der Waals surface area contributed by atoms with Crippen LogP contribution in [0.2, 0.25) is 0 Å². The maximum Gasteiger partial charge on any atom is 0.317 e. The molecule has 2 N–H and O–H groups in total. The molecule has 1 unspecified atom stereocenters. The number of phenolic OH excluding ortho intramolecular Hbond substituents is 1. The predicted molar refractivity (Wildman–Crippen MR) is 85.3 cm³/mol. The Labute approximate surface area is 127 Å². The number of carbonyl (C=O) groups excluding carboxylic acids is 1. The molecule has 0 aromatic heterocycles. The number of nitrogens with one attached hydrogen (secondary N) is 1. The monoisotopic (exact) mass is 293 g/mol. The van der Waals surface area contributed by atoms with Gasteiger partial charge >= 0.3 is 6.03 Å². The molecular formula is C16H27N3O2. The highest BCUT2D eigenvalue weighted by molar-refractivity contribution is 5.73. The minimum Gasteiger partial charge on any atom is -0.508 e. The molecule has 0 fully saturated rings. The average Bonchev–Trinajstić information content (AvgIpc) is 2.44. The van der Waals surface area contributed by atoms with E-state index in [1.54, 1.807) is 30.1 Å². The number of hydrogen-bond acceptors (Lipinski definition) is 3. The van der Waals surface area contributed by atoms with E-state index in [4.69, 9.17) is 0 Å². The second kappa shape index (κ2) is 8.52. The van der Waals surface area contributed by atoms with Crippen molar-refractivity contribution in [1.29, 1.82) is 0 Å². The normalized spacial score (nSPS) is 12.2. The van der Waals surface area contributed by atoms with Crippen LogP contribution in [0.25, 0.3) is 0 Å². The number of amides is 2. The van der Waals surface area contributed by atoms with Gasteiger partial charge in [-0.05, 0) is 37.2 Å². The Hall–Kier alpha value is -1.75. The van der Waals surface area contributed by atoms with E-state index in [2.05, 4.69) is 31.1 Å². The summed E-state index contributed by atoms with van der Waals surface area (Å²) in [5.41, 5.74) is 0.909. The first-order valence-electron chi connectivity index (χ1n) is 7.37. The van der Waals surface area contributed by atoms with Crippen molar-refractivity contribution in [2.24, 2.45) is 5.92 Å². The Morgan fingerprint density at radius 1 is 1.38 bits per heavy atom. The molecule has 118 valence electrons. The zero-order chi connectivity index (χ0) is 15.8. The van der Waals surface area contributed by atoms with Crippen molar-refractivity contribution in [2.45, 2.75) is 20.4 Å². The zero-order valence-corrected chi connectivity index (χ0v) is 13.5. The van der Waals surface area contributed by atoms with E-state index >= 15 is 0 Å². The standard InChI is InChI=1S/C16H27N3O2/c1-5-18(3)11-13(2)10-17-16(21)19(4)12-14-7-6-8-15(20)9-14/h6-9,13,20H,5,10-12H2,1-4H3,(H,17,21). The first-order chi connectivity index (χ1) is 9.92. The summed E-state index contributed by atoms with van der Waals surface area (Å²) < 4.78 is 0. The van der Waals surface area contributed by atoms with E-state index < -0.39 is 0 Å². The molecule has 1 aromatic rings. The number of benzene rings is 1. The molecule has 0 heterocycles. The maximum absolute atomic E-state index is 12.0. The topological polar surface area (TPSA) is 55.8 Å². The minimum atomic E-state index is -0.0932. The smallest absolute Gasteiger partial charge is 0.317 e. The van der Waals surface area contributed by atoms with Crippen molar-refractivity contribution >= 4 is 6.03 Å². The first kappa shape index (κ1) is 17.3. The largest absolute Gasteiger partial charge is 0.508 e. The molecule has 0 aliphatic carbocycles. The molecule has 0 aliphatic heterocycles. The molecule has 0 saturated carbocycles. The summed E-state index contributed by atoms with van der Waals surface area (Å²) >= 11 is 0. The van der Waals surface area contributed by atoms with Gasteiger partial charge in [0, 0.05) is 26.7 Å². The molecule has 21 heavy (non-hydrogen) atoms. The zero-order valence-electron chi connectivity index (χ0n) is 13.5. The van der Waals surface area contributed by atoms with Gasteiger partial charge in [-0.15, -0.1) is 0 Å². The third kappa shape index (κ3) is 6.49. The van der Waals surface area contributed by atoms with Gasteiger partial charge in [0.1, 0.15) is 5.75 Å². The van der Waals surface area contributed by atoms with Gasteiger partial charge < -0.3 is 20.2 Å². The first-order valence-corrected chi connectivity index (χ1v) is 7.37. The van der Waals surface area contributed by atoms with Gasteiger partial charge in [0.15, 0.2) is 0 Å². The number of nitrogens with zero attached hydrogens (tertiary/aromatic N) is 2. The highest BCUT2D eigenvalue weighted by Gasteiger charge is 2.11. The van der Waals surface area contributed by atoms with Crippen LogP contribution in [0.15, 0.2) is 24.3 Å². The van der Waals surface area contributed by atoms with Crippen LogP contribution in [0.4, 0.5) is 4.79 Å². The molecule has 5 nitrogen and oxygen atoms in total. The fourth-order valence-electron chi connectivity index (χ4n) is 2.12. The number of urea groups is 1. The molecule has 1 atom stereocenters. The second-order valence-corrected chi connectivity index (χ2v) is 5.67. The van der Waals surface area contributed by atoms with Crippen molar-refractivity contribution in [2.75, 3.05) is 33.7 Å². The van der Waals surface area contributed by atoms with Gasteiger partial charge in [-0.1, -0.05) is 26.0 Å². The lowest BCUT2D eigenvalue weighted by atomic mass is 10.1. The van der Waals surface area contributed by atoms with E-state index in [1.165, 1.54) is 0 Å². The van der Waals surface area contributed by atoms with Crippen LogP contribution >= 0.6 is 0 Å². The van der Waals surface area contributed by atoms with Crippen molar-refractivity contribution in [3.8, 4) is 5.75 Å². The maximum atomic E-state index is 12.0. The number of rotatable bonds is 7. The average molecular weight is 293 g/mol. The highest BCUT2D eigenvalue weighted by atomic mass is 16.3. The summed E-state index contributed by atoms with van der Waals surface area (Å²) in [6.45, 7) is 7.36. The van der Waals surface area contributed by atoms with E-state index in [0.29, 0.717) is 19.0 Å². The van der Waals surface area contributed by atoms with Crippen molar-refractivity contribution < 1.29 is 9.90 Å². The SMILES string of the molecule is CCN(C)CC(C)CNC(=O)N(C)Cc1cccc(O)c1.